The number of rotatable bonds is 6. The van der Waals surface area contributed by atoms with Gasteiger partial charge in [-0.2, -0.15) is 0 Å². The summed E-state index contributed by atoms with van der Waals surface area (Å²) in [5, 5.41) is 10.8. The number of sulfonamides is 1. The van der Waals surface area contributed by atoms with Gasteiger partial charge in [-0.1, -0.05) is 12.1 Å². The molecule has 1 aromatic carbocycles. The zero-order valence-corrected chi connectivity index (χ0v) is 14.2. The molecule has 0 atom stereocenters. The number of hydrogen-bond donors (Lipinski definition) is 0. The summed E-state index contributed by atoms with van der Waals surface area (Å²) in [6, 6.07) is 5.61. The van der Waals surface area contributed by atoms with Gasteiger partial charge in [0, 0.05) is 25.2 Å². The maximum atomic E-state index is 12.5. The van der Waals surface area contributed by atoms with E-state index in [-0.39, 0.29) is 36.4 Å². The van der Waals surface area contributed by atoms with E-state index in [1.807, 2.05) is 0 Å². The van der Waals surface area contributed by atoms with Gasteiger partial charge in [0.2, 0.25) is 10.0 Å². The summed E-state index contributed by atoms with van der Waals surface area (Å²) in [6.07, 6.45) is 0.847. The lowest BCUT2D eigenvalue weighted by Crippen LogP contribution is -2.41. The summed E-state index contributed by atoms with van der Waals surface area (Å²) < 4.78 is 31.3. The molecule has 1 fully saturated rings. The van der Waals surface area contributed by atoms with Gasteiger partial charge in [-0.15, -0.1) is 0 Å². The Morgan fingerprint density at radius 2 is 2.04 bits per heavy atom. The van der Waals surface area contributed by atoms with Crippen LogP contribution in [-0.4, -0.2) is 43.3 Å². The molecule has 0 radical (unpaired) electrons. The third-order valence-electron chi connectivity index (χ3n) is 3.94. The molecule has 0 unspecified atom stereocenters. The molecule has 0 N–H and O–H groups in total. The minimum atomic E-state index is -3.58. The highest BCUT2D eigenvalue weighted by Gasteiger charge is 2.31. The van der Waals surface area contributed by atoms with Crippen LogP contribution in [-0.2, 0) is 25.3 Å². The van der Waals surface area contributed by atoms with Gasteiger partial charge in [-0.25, -0.2) is 12.7 Å². The molecule has 1 aliphatic rings. The van der Waals surface area contributed by atoms with E-state index in [9.17, 15) is 23.3 Å². The molecule has 0 amide bonds. The number of hydrogen-bond acceptors (Lipinski definition) is 6. The molecule has 0 aliphatic carbocycles. The average molecular weight is 356 g/mol. The Balaban J connectivity index is 2.00. The Morgan fingerprint density at radius 3 is 2.62 bits per heavy atom. The third kappa shape index (κ3) is 4.51. The monoisotopic (exact) mass is 356 g/mol. The van der Waals surface area contributed by atoms with Crippen LogP contribution in [0.5, 0.6) is 0 Å². The zero-order chi connectivity index (χ0) is 17.7. The van der Waals surface area contributed by atoms with Crippen LogP contribution in [0.3, 0.4) is 0 Å². The van der Waals surface area contributed by atoms with E-state index in [0.717, 1.165) is 0 Å². The fourth-order valence-corrected chi connectivity index (χ4v) is 4.24. The first-order valence-electron chi connectivity index (χ1n) is 7.71. The predicted octanol–water partition coefficient (Wildman–Crippen LogP) is 1.70. The third-order valence-corrected chi connectivity index (χ3v) is 5.79. The molecule has 9 heteroatoms. The number of ether oxygens (including phenoxy) is 1. The molecular formula is C15H20N2O6S. The molecular weight excluding hydrogens is 336 g/mol. The van der Waals surface area contributed by atoms with Crippen LogP contribution in [0.4, 0.5) is 5.69 Å². The van der Waals surface area contributed by atoms with Gasteiger partial charge in [0.15, 0.2) is 0 Å². The van der Waals surface area contributed by atoms with Gasteiger partial charge >= 0.3 is 5.97 Å². The Hall–Kier alpha value is -2.00. The van der Waals surface area contributed by atoms with Crippen LogP contribution in [0.2, 0.25) is 0 Å². The fraction of sp³-hybridized carbons (Fsp3) is 0.533. The number of esters is 1. The first kappa shape index (κ1) is 18.3. The van der Waals surface area contributed by atoms with E-state index < -0.39 is 14.9 Å². The molecule has 0 saturated carbocycles. The van der Waals surface area contributed by atoms with Crippen molar-refractivity contribution in [1.82, 2.24) is 4.31 Å². The highest BCUT2D eigenvalue weighted by atomic mass is 32.2. The van der Waals surface area contributed by atoms with Crippen molar-refractivity contribution in [3.05, 3.63) is 39.9 Å². The van der Waals surface area contributed by atoms with Crippen LogP contribution >= 0.6 is 0 Å². The minimum Gasteiger partial charge on any atom is -0.466 e. The van der Waals surface area contributed by atoms with E-state index in [1.165, 1.54) is 22.5 Å². The van der Waals surface area contributed by atoms with Gasteiger partial charge in [0.25, 0.3) is 5.69 Å². The zero-order valence-electron chi connectivity index (χ0n) is 13.4. The number of nitrogens with zero attached hydrogens (tertiary/aromatic N) is 2. The van der Waals surface area contributed by atoms with Gasteiger partial charge in [0.05, 0.1) is 23.2 Å². The van der Waals surface area contributed by atoms with Crippen molar-refractivity contribution in [3.8, 4) is 0 Å². The van der Waals surface area contributed by atoms with Crippen molar-refractivity contribution in [3.63, 3.8) is 0 Å². The Kier molecular flexibility index (Phi) is 5.89. The van der Waals surface area contributed by atoms with Crippen LogP contribution < -0.4 is 0 Å². The lowest BCUT2D eigenvalue weighted by atomic mass is 9.98. The molecule has 132 valence electrons. The Bertz CT molecular complexity index is 710. The van der Waals surface area contributed by atoms with E-state index >= 15 is 0 Å². The van der Waals surface area contributed by atoms with Crippen molar-refractivity contribution in [2.24, 2.45) is 5.92 Å². The summed E-state index contributed by atoms with van der Waals surface area (Å²) in [5.74, 6) is -0.846. The first-order valence-corrected chi connectivity index (χ1v) is 9.32. The van der Waals surface area contributed by atoms with E-state index in [1.54, 1.807) is 13.0 Å². The summed E-state index contributed by atoms with van der Waals surface area (Å²) in [4.78, 5) is 21.9. The molecule has 1 aromatic rings. The highest BCUT2D eigenvalue weighted by molar-refractivity contribution is 7.88. The number of nitro benzene ring substituents is 1. The van der Waals surface area contributed by atoms with Crippen LogP contribution in [0.15, 0.2) is 24.3 Å². The lowest BCUT2D eigenvalue weighted by Gasteiger charge is -2.30. The number of benzene rings is 1. The van der Waals surface area contributed by atoms with Crippen molar-refractivity contribution in [2.45, 2.75) is 25.5 Å². The van der Waals surface area contributed by atoms with E-state index in [0.29, 0.717) is 25.0 Å². The molecule has 0 bridgehead atoms. The number of nitro groups is 1. The fourth-order valence-electron chi connectivity index (χ4n) is 2.69. The molecule has 1 aliphatic heterocycles. The summed E-state index contributed by atoms with van der Waals surface area (Å²) in [7, 11) is -3.58. The lowest BCUT2D eigenvalue weighted by molar-refractivity contribution is -0.384. The molecule has 24 heavy (non-hydrogen) atoms. The molecule has 1 saturated heterocycles. The summed E-state index contributed by atoms with van der Waals surface area (Å²) in [6.45, 7) is 2.54. The second-order valence-corrected chi connectivity index (χ2v) is 7.58. The van der Waals surface area contributed by atoms with E-state index in [2.05, 4.69) is 0 Å². The SMILES string of the molecule is CCOC(=O)C1CCN(S(=O)(=O)Cc2cccc([N+](=O)[O-])c2)CC1. The molecule has 1 heterocycles. The largest absolute Gasteiger partial charge is 0.466 e. The van der Waals surface area contributed by atoms with Gasteiger partial charge in [-0.3, -0.25) is 14.9 Å². The maximum absolute atomic E-state index is 12.5. The number of piperidine rings is 1. The summed E-state index contributed by atoms with van der Waals surface area (Å²) >= 11 is 0. The Morgan fingerprint density at radius 1 is 1.38 bits per heavy atom. The molecule has 2 rings (SSSR count). The standard InChI is InChI=1S/C15H20N2O6S/c1-2-23-15(18)13-6-8-16(9-7-13)24(21,22)11-12-4-3-5-14(10-12)17(19)20/h3-5,10,13H,2,6-9,11H2,1H3. The number of carbonyl (C=O) groups excluding carboxylic acids is 1. The summed E-state index contributed by atoms with van der Waals surface area (Å²) in [5.41, 5.74) is 0.237. The smallest absolute Gasteiger partial charge is 0.309 e. The van der Waals surface area contributed by atoms with E-state index in [4.69, 9.17) is 4.74 Å². The van der Waals surface area contributed by atoms with Crippen molar-refractivity contribution < 1.29 is 22.9 Å². The van der Waals surface area contributed by atoms with Crippen molar-refractivity contribution >= 4 is 21.7 Å². The topological polar surface area (TPSA) is 107 Å². The van der Waals surface area contributed by atoms with Crippen LogP contribution in [0, 0.1) is 16.0 Å². The van der Waals surface area contributed by atoms with Crippen LogP contribution in [0.1, 0.15) is 25.3 Å². The predicted molar refractivity (Wildman–Crippen MR) is 86.7 cm³/mol. The van der Waals surface area contributed by atoms with Gasteiger partial charge in [-0.05, 0) is 25.3 Å². The van der Waals surface area contributed by atoms with Crippen molar-refractivity contribution in [1.29, 1.82) is 0 Å². The number of carbonyl (C=O) groups is 1. The maximum Gasteiger partial charge on any atom is 0.309 e. The minimum absolute atomic E-state index is 0.135. The normalized spacial score (nSPS) is 16.7. The molecule has 8 nitrogen and oxygen atoms in total. The Labute approximate surface area is 140 Å². The van der Waals surface area contributed by atoms with Gasteiger partial charge < -0.3 is 4.74 Å². The van der Waals surface area contributed by atoms with Gasteiger partial charge in [0.1, 0.15) is 0 Å². The second kappa shape index (κ2) is 7.71. The van der Waals surface area contributed by atoms with Crippen molar-refractivity contribution in [2.75, 3.05) is 19.7 Å². The second-order valence-electron chi connectivity index (χ2n) is 5.61. The first-order chi connectivity index (χ1) is 11.3. The quantitative estimate of drug-likeness (QED) is 0.436. The molecule has 0 spiro atoms. The molecule has 0 aromatic heterocycles. The number of non-ortho nitro benzene ring substituents is 1. The highest BCUT2D eigenvalue weighted by Crippen LogP contribution is 2.23. The average Bonchev–Trinajstić information content (AvgIpc) is 2.55. The van der Waals surface area contributed by atoms with Crippen LogP contribution in [0.25, 0.3) is 0 Å².